The molecule has 0 unspecified atom stereocenters. The van der Waals surface area contributed by atoms with Crippen LogP contribution >= 0.6 is 22.6 Å². The van der Waals surface area contributed by atoms with Crippen LogP contribution in [-0.2, 0) is 7.05 Å². The van der Waals surface area contributed by atoms with Crippen molar-refractivity contribution in [2.24, 2.45) is 12.5 Å². The van der Waals surface area contributed by atoms with Gasteiger partial charge in [-0.1, -0.05) is 20.8 Å². The first-order valence-electron chi connectivity index (χ1n) is 4.81. The van der Waals surface area contributed by atoms with Crippen molar-refractivity contribution >= 4 is 28.5 Å². The SMILES string of the molecule is Cn1c(I)cnc1NCCC(C)(C)C. The zero-order valence-electron chi connectivity index (χ0n) is 9.26. The summed E-state index contributed by atoms with van der Waals surface area (Å²) in [7, 11) is 2.02. The van der Waals surface area contributed by atoms with Gasteiger partial charge in [-0.05, 0) is 34.4 Å². The molecule has 0 aromatic carbocycles. The maximum Gasteiger partial charge on any atom is 0.203 e. The summed E-state index contributed by atoms with van der Waals surface area (Å²) in [6.45, 7) is 7.72. The number of hydrogen-bond donors (Lipinski definition) is 1. The number of aromatic nitrogens is 2. The molecule has 1 aromatic heterocycles. The van der Waals surface area contributed by atoms with E-state index in [1.54, 1.807) is 0 Å². The van der Waals surface area contributed by atoms with E-state index in [0.29, 0.717) is 5.41 Å². The molecular formula is C10H18IN3. The molecule has 1 heterocycles. The summed E-state index contributed by atoms with van der Waals surface area (Å²) in [4.78, 5) is 4.28. The van der Waals surface area contributed by atoms with E-state index >= 15 is 0 Å². The Hall–Kier alpha value is -0.260. The average Bonchev–Trinajstić information content (AvgIpc) is 2.33. The van der Waals surface area contributed by atoms with Gasteiger partial charge in [0, 0.05) is 13.6 Å². The lowest BCUT2D eigenvalue weighted by Gasteiger charge is -2.18. The molecular weight excluding hydrogens is 289 g/mol. The number of imidazole rings is 1. The molecule has 14 heavy (non-hydrogen) atoms. The first-order chi connectivity index (χ1) is 6.40. The number of hydrogen-bond acceptors (Lipinski definition) is 2. The topological polar surface area (TPSA) is 29.9 Å². The maximum atomic E-state index is 4.28. The van der Waals surface area contributed by atoms with E-state index in [0.717, 1.165) is 22.6 Å². The third kappa shape index (κ3) is 3.48. The van der Waals surface area contributed by atoms with Crippen molar-refractivity contribution in [3.05, 3.63) is 9.90 Å². The van der Waals surface area contributed by atoms with Crippen LogP contribution in [0.3, 0.4) is 0 Å². The lowest BCUT2D eigenvalue weighted by Crippen LogP contribution is -2.14. The minimum atomic E-state index is 0.380. The Balaban J connectivity index is 2.43. The lowest BCUT2D eigenvalue weighted by molar-refractivity contribution is 0.389. The molecule has 0 amide bonds. The first kappa shape index (κ1) is 11.8. The van der Waals surface area contributed by atoms with E-state index in [9.17, 15) is 0 Å². The summed E-state index contributed by atoms with van der Waals surface area (Å²) in [5.41, 5.74) is 0.380. The Bertz CT molecular complexity index is 299. The highest BCUT2D eigenvalue weighted by Crippen LogP contribution is 2.18. The van der Waals surface area contributed by atoms with E-state index in [-0.39, 0.29) is 0 Å². The summed E-state index contributed by atoms with van der Waals surface area (Å²) in [5.74, 6) is 0.957. The van der Waals surface area contributed by atoms with Gasteiger partial charge in [0.25, 0.3) is 0 Å². The molecule has 0 aliphatic rings. The molecule has 0 atom stereocenters. The van der Waals surface area contributed by atoms with Crippen LogP contribution in [0.15, 0.2) is 6.20 Å². The van der Waals surface area contributed by atoms with Gasteiger partial charge in [-0.2, -0.15) is 0 Å². The van der Waals surface area contributed by atoms with Crippen LogP contribution in [0.5, 0.6) is 0 Å². The van der Waals surface area contributed by atoms with Crippen molar-refractivity contribution < 1.29 is 0 Å². The molecule has 0 saturated heterocycles. The Morgan fingerprint density at radius 2 is 2.14 bits per heavy atom. The third-order valence-electron chi connectivity index (χ3n) is 2.09. The molecule has 0 saturated carbocycles. The second kappa shape index (κ2) is 4.51. The fraction of sp³-hybridized carbons (Fsp3) is 0.700. The van der Waals surface area contributed by atoms with Gasteiger partial charge in [-0.25, -0.2) is 4.98 Å². The molecule has 0 aliphatic carbocycles. The fourth-order valence-electron chi connectivity index (χ4n) is 1.10. The molecule has 0 aliphatic heterocycles. The molecule has 0 radical (unpaired) electrons. The lowest BCUT2D eigenvalue weighted by atomic mass is 9.92. The monoisotopic (exact) mass is 307 g/mol. The maximum absolute atomic E-state index is 4.28. The van der Waals surface area contributed by atoms with Crippen LogP contribution in [0.4, 0.5) is 5.95 Å². The van der Waals surface area contributed by atoms with Crippen molar-refractivity contribution in [2.45, 2.75) is 27.2 Å². The minimum Gasteiger partial charge on any atom is -0.356 e. The first-order valence-corrected chi connectivity index (χ1v) is 5.89. The van der Waals surface area contributed by atoms with Gasteiger partial charge in [0.1, 0.15) is 3.70 Å². The summed E-state index contributed by atoms with van der Waals surface area (Å²) in [6.07, 6.45) is 3.02. The van der Waals surface area contributed by atoms with E-state index in [1.165, 1.54) is 0 Å². The summed E-state index contributed by atoms with van der Waals surface area (Å²) in [5, 5.41) is 3.34. The molecule has 3 nitrogen and oxygen atoms in total. The van der Waals surface area contributed by atoms with Crippen molar-refractivity contribution in [3.63, 3.8) is 0 Å². The Morgan fingerprint density at radius 3 is 2.57 bits per heavy atom. The second-order valence-corrected chi connectivity index (χ2v) is 5.81. The quantitative estimate of drug-likeness (QED) is 0.870. The fourth-order valence-corrected chi connectivity index (χ4v) is 1.47. The van der Waals surface area contributed by atoms with Gasteiger partial charge in [0.05, 0.1) is 6.20 Å². The van der Waals surface area contributed by atoms with Crippen molar-refractivity contribution in [1.29, 1.82) is 0 Å². The predicted octanol–water partition coefficient (Wildman–Crippen LogP) is 2.87. The Morgan fingerprint density at radius 1 is 1.50 bits per heavy atom. The second-order valence-electron chi connectivity index (χ2n) is 4.70. The highest BCUT2D eigenvalue weighted by molar-refractivity contribution is 14.1. The van der Waals surface area contributed by atoms with Crippen LogP contribution in [0.2, 0.25) is 0 Å². The summed E-state index contributed by atoms with van der Waals surface area (Å²) < 4.78 is 3.21. The van der Waals surface area contributed by atoms with Crippen molar-refractivity contribution in [3.8, 4) is 0 Å². The molecule has 1 rings (SSSR count). The zero-order valence-corrected chi connectivity index (χ0v) is 11.4. The van der Waals surface area contributed by atoms with Crippen LogP contribution in [0.25, 0.3) is 0 Å². The van der Waals surface area contributed by atoms with Gasteiger partial charge in [0.15, 0.2) is 0 Å². The smallest absolute Gasteiger partial charge is 0.203 e. The Kier molecular flexibility index (Phi) is 3.80. The zero-order chi connectivity index (χ0) is 10.8. The highest BCUT2D eigenvalue weighted by atomic mass is 127. The molecule has 0 spiro atoms. The minimum absolute atomic E-state index is 0.380. The van der Waals surface area contributed by atoms with Crippen LogP contribution in [-0.4, -0.2) is 16.1 Å². The third-order valence-corrected chi connectivity index (χ3v) is 3.09. The van der Waals surface area contributed by atoms with E-state index < -0.39 is 0 Å². The van der Waals surface area contributed by atoms with E-state index in [1.807, 2.05) is 13.2 Å². The van der Waals surface area contributed by atoms with Crippen LogP contribution in [0, 0.1) is 9.12 Å². The van der Waals surface area contributed by atoms with Crippen LogP contribution in [0.1, 0.15) is 27.2 Å². The molecule has 1 aromatic rings. The van der Waals surface area contributed by atoms with E-state index in [4.69, 9.17) is 0 Å². The predicted molar refractivity (Wildman–Crippen MR) is 68.5 cm³/mol. The van der Waals surface area contributed by atoms with Gasteiger partial charge < -0.3 is 9.88 Å². The average molecular weight is 307 g/mol. The molecule has 1 N–H and O–H groups in total. The molecule has 0 bridgehead atoms. The summed E-state index contributed by atoms with van der Waals surface area (Å²) >= 11 is 2.27. The number of nitrogens with one attached hydrogen (secondary N) is 1. The largest absolute Gasteiger partial charge is 0.356 e. The van der Waals surface area contributed by atoms with Gasteiger partial charge in [0.2, 0.25) is 5.95 Å². The van der Waals surface area contributed by atoms with Gasteiger partial charge in [-0.3, -0.25) is 0 Å². The molecule has 0 fully saturated rings. The van der Waals surface area contributed by atoms with Gasteiger partial charge in [-0.15, -0.1) is 0 Å². The number of rotatable bonds is 3. The number of nitrogens with zero attached hydrogens (tertiary/aromatic N) is 2. The van der Waals surface area contributed by atoms with Gasteiger partial charge >= 0.3 is 0 Å². The van der Waals surface area contributed by atoms with Crippen molar-refractivity contribution in [1.82, 2.24) is 9.55 Å². The van der Waals surface area contributed by atoms with Crippen molar-refractivity contribution in [2.75, 3.05) is 11.9 Å². The normalized spacial score (nSPS) is 11.8. The molecule has 4 heteroatoms. The highest BCUT2D eigenvalue weighted by Gasteiger charge is 2.10. The Labute approximate surface area is 99.4 Å². The number of anilines is 1. The standard InChI is InChI=1S/C10H18IN3/c1-10(2,3)5-6-12-9-13-7-8(11)14(9)4/h7H,5-6H2,1-4H3,(H,12,13). The van der Waals surface area contributed by atoms with Crippen LogP contribution < -0.4 is 5.32 Å². The summed E-state index contributed by atoms with van der Waals surface area (Å²) in [6, 6.07) is 0. The molecule has 80 valence electrons. The number of halogens is 1. The van der Waals surface area contributed by atoms with E-state index in [2.05, 4.69) is 58.2 Å².